The van der Waals surface area contributed by atoms with Gasteiger partial charge in [-0.1, -0.05) is 12.1 Å². The molecule has 0 unspecified atom stereocenters. The second kappa shape index (κ2) is 8.34. The van der Waals surface area contributed by atoms with E-state index in [9.17, 15) is 9.90 Å². The molecule has 4 heterocycles. The monoisotopic (exact) mass is 446 g/mol. The molecule has 5 rings (SSSR count). The van der Waals surface area contributed by atoms with Crippen molar-refractivity contribution < 1.29 is 15.0 Å². The first kappa shape index (κ1) is 20.6. The number of para-hydroxylation sites is 1. The summed E-state index contributed by atoms with van der Waals surface area (Å²) in [5.41, 5.74) is 9.14. The fourth-order valence-corrected chi connectivity index (χ4v) is 4.14. The number of nitrogens with two attached hydrogens (primary N) is 1. The van der Waals surface area contributed by atoms with Crippen molar-refractivity contribution in [2.24, 2.45) is 0 Å². The van der Waals surface area contributed by atoms with Gasteiger partial charge in [0.05, 0.1) is 23.7 Å². The van der Waals surface area contributed by atoms with Gasteiger partial charge in [-0.3, -0.25) is 9.48 Å². The normalized spacial score (nSPS) is 14.6. The predicted octanol–water partition coefficient (Wildman–Crippen LogP) is 2.04. The van der Waals surface area contributed by atoms with Crippen molar-refractivity contribution in [2.45, 2.75) is 25.3 Å². The molecule has 11 heteroatoms. The average molecular weight is 446 g/mol. The Morgan fingerprint density at radius 1 is 1.12 bits per heavy atom. The highest BCUT2D eigenvalue weighted by Crippen LogP contribution is 2.32. The van der Waals surface area contributed by atoms with Crippen molar-refractivity contribution in [1.29, 1.82) is 0 Å². The maximum Gasteiger partial charge on any atom is 0.307 e. The number of nitrogens with zero attached hydrogens (tertiary/aromatic N) is 7. The Labute approximate surface area is 188 Å². The summed E-state index contributed by atoms with van der Waals surface area (Å²) in [6.07, 6.45) is 4.62. The number of aromatic hydroxyl groups is 1. The van der Waals surface area contributed by atoms with Crippen molar-refractivity contribution in [3.8, 4) is 17.0 Å². The zero-order chi connectivity index (χ0) is 22.9. The second-order valence-electron chi connectivity index (χ2n) is 7.99. The lowest BCUT2D eigenvalue weighted by Gasteiger charge is -2.32. The van der Waals surface area contributed by atoms with Crippen LogP contribution in [0.5, 0.6) is 5.75 Å². The molecule has 3 aromatic heterocycles. The zero-order valence-electron chi connectivity index (χ0n) is 17.7. The van der Waals surface area contributed by atoms with Gasteiger partial charge in [0.15, 0.2) is 11.3 Å². The van der Waals surface area contributed by atoms with Crippen molar-refractivity contribution >= 4 is 28.8 Å². The first-order valence-corrected chi connectivity index (χ1v) is 10.6. The number of hydrogen-bond donors (Lipinski definition) is 3. The molecule has 33 heavy (non-hydrogen) atoms. The Balaban J connectivity index is 1.36. The summed E-state index contributed by atoms with van der Waals surface area (Å²) in [5, 5.41) is 32.1. The van der Waals surface area contributed by atoms with Gasteiger partial charge < -0.3 is 20.8 Å². The number of phenols is 1. The SMILES string of the molecule is Nc1nn(C2CCN(c3ncc(CC(=O)O)cn3)CC2)c2cc(-c3ccccc3O)nnc12. The molecule has 0 amide bonds. The van der Waals surface area contributed by atoms with Crippen molar-refractivity contribution in [2.75, 3.05) is 23.7 Å². The van der Waals surface area contributed by atoms with Crippen LogP contribution in [-0.4, -0.2) is 59.2 Å². The van der Waals surface area contributed by atoms with E-state index in [1.807, 2.05) is 16.8 Å². The van der Waals surface area contributed by atoms with Crippen molar-refractivity contribution in [3.63, 3.8) is 0 Å². The molecule has 168 valence electrons. The summed E-state index contributed by atoms with van der Waals surface area (Å²) >= 11 is 0. The molecule has 0 atom stereocenters. The van der Waals surface area contributed by atoms with Gasteiger partial charge in [0.1, 0.15) is 5.75 Å². The highest BCUT2D eigenvalue weighted by molar-refractivity contribution is 5.87. The molecule has 0 spiro atoms. The van der Waals surface area contributed by atoms with Crippen molar-refractivity contribution in [3.05, 3.63) is 48.3 Å². The van der Waals surface area contributed by atoms with E-state index in [0.29, 0.717) is 34.1 Å². The number of carbonyl (C=O) groups is 1. The van der Waals surface area contributed by atoms with E-state index in [4.69, 9.17) is 10.8 Å². The number of carboxylic acid groups (broad SMARTS) is 1. The molecule has 1 aromatic carbocycles. The number of fused-ring (bicyclic) bond motifs is 1. The lowest BCUT2D eigenvalue weighted by Crippen LogP contribution is -2.36. The number of nitrogen functional groups attached to an aromatic ring is 1. The average Bonchev–Trinajstić information content (AvgIpc) is 3.15. The van der Waals surface area contributed by atoms with Crippen LogP contribution in [0.15, 0.2) is 42.7 Å². The number of anilines is 2. The minimum atomic E-state index is -0.909. The van der Waals surface area contributed by atoms with Gasteiger partial charge in [0.25, 0.3) is 0 Å². The van der Waals surface area contributed by atoms with Crippen LogP contribution in [0.3, 0.4) is 0 Å². The third-order valence-electron chi connectivity index (χ3n) is 5.80. The van der Waals surface area contributed by atoms with Gasteiger partial charge in [-0.25, -0.2) is 9.97 Å². The van der Waals surface area contributed by atoms with E-state index in [1.54, 1.807) is 30.6 Å². The molecule has 4 aromatic rings. The molecule has 1 fully saturated rings. The largest absolute Gasteiger partial charge is 0.507 e. The highest BCUT2D eigenvalue weighted by Gasteiger charge is 2.26. The number of carboxylic acids is 1. The molecule has 11 nitrogen and oxygen atoms in total. The van der Waals surface area contributed by atoms with E-state index >= 15 is 0 Å². The van der Waals surface area contributed by atoms with Gasteiger partial charge in [-0.15, -0.1) is 10.2 Å². The van der Waals surface area contributed by atoms with Gasteiger partial charge in [-0.2, -0.15) is 5.10 Å². The Hall–Kier alpha value is -4.28. The smallest absolute Gasteiger partial charge is 0.307 e. The molecule has 0 saturated carbocycles. The minimum Gasteiger partial charge on any atom is -0.507 e. The Morgan fingerprint density at radius 3 is 2.55 bits per heavy atom. The van der Waals surface area contributed by atoms with Gasteiger partial charge in [0, 0.05) is 36.6 Å². The summed E-state index contributed by atoms with van der Waals surface area (Å²) < 4.78 is 1.90. The Bertz CT molecular complexity index is 1310. The van der Waals surface area contributed by atoms with Crippen LogP contribution in [0.1, 0.15) is 24.4 Å². The number of piperidine rings is 1. The van der Waals surface area contributed by atoms with E-state index in [2.05, 4.69) is 30.2 Å². The van der Waals surface area contributed by atoms with Crippen LogP contribution in [0.25, 0.3) is 22.3 Å². The molecule has 1 aliphatic heterocycles. The number of benzene rings is 1. The first-order valence-electron chi connectivity index (χ1n) is 10.6. The fourth-order valence-electron chi connectivity index (χ4n) is 4.14. The fraction of sp³-hybridized carbons (Fsp3) is 0.273. The van der Waals surface area contributed by atoms with Gasteiger partial charge in [-0.05, 0) is 31.0 Å². The number of hydrogen-bond acceptors (Lipinski definition) is 9. The summed E-state index contributed by atoms with van der Waals surface area (Å²) in [6, 6.07) is 8.95. The maximum atomic E-state index is 10.8. The first-order chi connectivity index (χ1) is 16.0. The molecule has 0 bridgehead atoms. The number of aliphatic carboxylic acids is 1. The Kier molecular flexibility index (Phi) is 5.21. The van der Waals surface area contributed by atoms with E-state index < -0.39 is 5.97 Å². The van der Waals surface area contributed by atoms with Gasteiger partial charge >= 0.3 is 5.97 Å². The van der Waals surface area contributed by atoms with Gasteiger partial charge in [0.2, 0.25) is 5.95 Å². The number of phenolic OH excluding ortho intramolecular Hbond substituents is 1. The molecule has 0 radical (unpaired) electrons. The molecular weight excluding hydrogens is 424 g/mol. The van der Waals surface area contributed by atoms with Crippen molar-refractivity contribution in [1.82, 2.24) is 29.9 Å². The van der Waals surface area contributed by atoms with Crippen LogP contribution >= 0.6 is 0 Å². The van der Waals surface area contributed by atoms with Crippen LogP contribution in [0, 0.1) is 0 Å². The van der Waals surface area contributed by atoms with Crippen LogP contribution in [0.4, 0.5) is 11.8 Å². The molecule has 4 N–H and O–H groups in total. The summed E-state index contributed by atoms with van der Waals surface area (Å²) in [6.45, 7) is 1.43. The number of rotatable bonds is 5. The van der Waals surface area contributed by atoms with E-state index in [0.717, 1.165) is 31.4 Å². The molecule has 1 aliphatic rings. The molecule has 0 aliphatic carbocycles. The van der Waals surface area contributed by atoms with E-state index in [-0.39, 0.29) is 18.2 Å². The zero-order valence-corrected chi connectivity index (χ0v) is 17.7. The summed E-state index contributed by atoms with van der Waals surface area (Å²) in [5.74, 6) is 0.127. The van der Waals surface area contributed by atoms with Crippen LogP contribution in [0.2, 0.25) is 0 Å². The Morgan fingerprint density at radius 2 is 1.85 bits per heavy atom. The summed E-state index contributed by atoms with van der Waals surface area (Å²) in [7, 11) is 0. The van der Waals surface area contributed by atoms with Crippen LogP contribution in [-0.2, 0) is 11.2 Å². The molecule has 1 saturated heterocycles. The van der Waals surface area contributed by atoms with Crippen LogP contribution < -0.4 is 10.6 Å². The third-order valence-corrected chi connectivity index (χ3v) is 5.80. The lowest BCUT2D eigenvalue weighted by atomic mass is 10.1. The standard InChI is InChI=1S/C22H22N8O3/c23-21-20-17(10-16(26-27-20)15-3-1-2-4-18(15)31)30(28-21)14-5-7-29(8-6-14)22-24-11-13(12-25-22)9-19(32)33/h1-4,10-12,14,31H,5-9H2,(H2,23,28)(H,32,33). The number of aromatic nitrogens is 6. The maximum absolute atomic E-state index is 10.8. The quantitative estimate of drug-likeness (QED) is 0.414. The third kappa shape index (κ3) is 4.00. The minimum absolute atomic E-state index is 0.0955. The predicted molar refractivity (Wildman–Crippen MR) is 121 cm³/mol. The second-order valence-corrected chi connectivity index (χ2v) is 7.99. The van der Waals surface area contributed by atoms with E-state index in [1.165, 1.54) is 0 Å². The lowest BCUT2D eigenvalue weighted by molar-refractivity contribution is -0.136. The topological polar surface area (TPSA) is 156 Å². The molecular formula is C22H22N8O3. The summed E-state index contributed by atoms with van der Waals surface area (Å²) in [4.78, 5) is 21.6. The highest BCUT2D eigenvalue weighted by atomic mass is 16.4.